The lowest BCUT2D eigenvalue weighted by molar-refractivity contribution is 0.281. The fourth-order valence-corrected chi connectivity index (χ4v) is 3.71. The molecule has 0 saturated carbocycles. The molecule has 0 bridgehead atoms. The van der Waals surface area contributed by atoms with Crippen molar-refractivity contribution in [1.29, 1.82) is 0 Å². The summed E-state index contributed by atoms with van der Waals surface area (Å²) in [5.74, 6) is 1.84. The molecule has 1 N–H and O–H groups in total. The summed E-state index contributed by atoms with van der Waals surface area (Å²) in [4.78, 5) is 11.1. The van der Waals surface area contributed by atoms with Gasteiger partial charge in [-0.25, -0.2) is 18.4 Å². The summed E-state index contributed by atoms with van der Waals surface area (Å²) < 4.78 is 24.6. The van der Waals surface area contributed by atoms with Crippen molar-refractivity contribution in [3.63, 3.8) is 0 Å². The molecule has 21 heavy (non-hydrogen) atoms. The zero-order chi connectivity index (χ0) is 15.0. The van der Waals surface area contributed by atoms with Crippen molar-refractivity contribution in [2.45, 2.75) is 6.54 Å². The Labute approximate surface area is 123 Å². The molecule has 0 spiro atoms. The lowest BCUT2D eigenvalue weighted by atomic mass is 10.3. The number of anilines is 1. The van der Waals surface area contributed by atoms with Gasteiger partial charge in [-0.15, -0.1) is 0 Å². The van der Waals surface area contributed by atoms with E-state index in [4.69, 9.17) is 0 Å². The summed E-state index contributed by atoms with van der Waals surface area (Å²) >= 11 is 0. The Balaban J connectivity index is 1.86. The standard InChI is InChI=1S/C12H18N6O2S/c1-13-11-9-7-14-17(2)12(9)16-10(15-11)8-18-3-5-21(19,20)6-4-18/h7H,3-6,8H2,1-2H3,(H,13,15,16). The minimum Gasteiger partial charge on any atom is -0.372 e. The maximum Gasteiger partial charge on any atom is 0.163 e. The molecule has 2 aromatic heterocycles. The summed E-state index contributed by atoms with van der Waals surface area (Å²) in [6.45, 7) is 1.61. The van der Waals surface area contributed by atoms with Crippen molar-refractivity contribution >= 4 is 26.7 Å². The molecule has 114 valence electrons. The Morgan fingerprint density at radius 3 is 2.67 bits per heavy atom. The Hall–Kier alpha value is -1.74. The second kappa shape index (κ2) is 5.23. The molecule has 0 atom stereocenters. The van der Waals surface area contributed by atoms with E-state index in [-0.39, 0.29) is 11.5 Å². The molecule has 0 unspecified atom stereocenters. The van der Waals surface area contributed by atoms with Crippen molar-refractivity contribution in [3.05, 3.63) is 12.0 Å². The van der Waals surface area contributed by atoms with Crippen LogP contribution in [0, 0.1) is 0 Å². The molecule has 0 radical (unpaired) electrons. The Kier molecular flexibility index (Phi) is 3.54. The first-order valence-corrected chi connectivity index (χ1v) is 8.60. The number of aromatic nitrogens is 4. The van der Waals surface area contributed by atoms with Crippen LogP contribution in [0.15, 0.2) is 6.20 Å². The monoisotopic (exact) mass is 310 g/mol. The third-order valence-electron chi connectivity index (χ3n) is 3.68. The van der Waals surface area contributed by atoms with Gasteiger partial charge in [-0.05, 0) is 0 Å². The second-order valence-electron chi connectivity index (χ2n) is 5.17. The molecular formula is C12H18N6O2S. The molecule has 3 rings (SSSR count). The molecule has 0 aliphatic carbocycles. The van der Waals surface area contributed by atoms with Crippen LogP contribution in [0.5, 0.6) is 0 Å². The van der Waals surface area contributed by atoms with E-state index < -0.39 is 9.84 Å². The van der Waals surface area contributed by atoms with Crippen molar-refractivity contribution in [1.82, 2.24) is 24.6 Å². The fraction of sp³-hybridized carbons (Fsp3) is 0.583. The van der Waals surface area contributed by atoms with E-state index in [1.807, 2.05) is 14.1 Å². The van der Waals surface area contributed by atoms with E-state index in [0.29, 0.717) is 25.5 Å². The average molecular weight is 310 g/mol. The van der Waals surface area contributed by atoms with Crippen LogP contribution in [0.1, 0.15) is 5.82 Å². The summed E-state index contributed by atoms with van der Waals surface area (Å²) in [7, 11) is 0.789. The van der Waals surface area contributed by atoms with Gasteiger partial charge in [-0.1, -0.05) is 0 Å². The highest BCUT2D eigenvalue weighted by molar-refractivity contribution is 7.91. The van der Waals surface area contributed by atoms with Crippen LogP contribution >= 0.6 is 0 Å². The number of hydrogen-bond donors (Lipinski definition) is 1. The zero-order valence-electron chi connectivity index (χ0n) is 12.1. The van der Waals surface area contributed by atoms with Crippen molar-refractivity contribution in [2.75, 3.05) is 37.0 Å². The molecule has 3 heterocycles. The quantitative estimate of drug-likeness (QED) is 0.827. The Morgan fingerprint density at radius 1 is 1.29 bits per heavy atom. The van der Waals surface area contributed by atoms with E-state index in [1.54, 1.807) is 10.9 Å². The smallest absolute Gasteiger partial charge is 0.163 e. The third kappa shape index (κ3) is 2.84. The van der Waals surface area contributed by atoms with Crippen LogP contribution in [0.4, 0.5) is 5.82 Å². The molecule has 8 nitrogen and oxygen atoms in total. The van der Waals surface area contributed by atoms with Crippen LogP contribution in [0.2, 0.25) is 0 Å². The predicted octanol–water partition coefficient (Wildman–Crippen LogP) is -0.365. The van der Waals surface area contributed by atoms with E-state index >= 15 is 0 Å². The molecule has 1 saturated heterocycles. The van der Waals surface area contributed by atoms with Gasteiger partial charge in [0.15, 0.2) is 15.5 Å². The lowest BCUT2D eigenvalue weighted by Gasteiger charge is -2.25. The molecule has 1 aliphatic rings. The van der Waals surface area contributed by atoms with Crippen molar-refractivity contribution in [2.24, 2.45) is 7.05 Å². The maximum atomic E-state index is 11.5. The number of nitrogens with one attached hydrogen (secondary N) is 1. The van der Waals surface area contributed by atoms with Crippen LogP contribution < -0.4 is 5.32 Å². The first-order valence-electron chi connectivity index (χ1n) is 6.78. The van der Waals surface area contributed by atoms with Crippen molar-refractivity contribution < 1.29 is 8.42 Å². The minimum atomic E-state index is -2.86. The third-order valence-corrected chi connectivity index (χ3v) is 5.29. The maximum absolute atomic E-state index is 11.5. The van der Waals surface area contributed by atoms with Gasteiger partial charge in [-0.2, -0.15) is 5.10 Å². The lowest BCUT2D eigenvalue weighted by Crippen LogP contribution is -2.40. The van der Waals surface area contributed by atoms with Gasteiger partial charge in [0.1, 0.15) is 11.6 Å². The molecule has 2 aromatic rings. The van der Waals surface area contributed by atoms with Crippen molar-refractivity contribution in [3.8, 4) is 0 Å². The first kappa shape index (κ1) is 14.2. The average Bonchev–Trinajstić information content (AvgIpc) is 2.82. The fourth-order valence-electron chi connectivity index (χ4n) is 2.44. The number of aryl methyl sites for hydroxylation is 1. The Morgan fingerprint density at radius 2 is 2.00 bits per heavy atom. The number of sulfone groups is 1. The highest BCUT2D eigenvalue weighted by Crippen LogP contribution is 2.19. The second-order valence-corrected chi connectivity index (χ2v) is 7.48. The van der Waals surface area contributed by atoms with Gasteiger partial charge >= 0.3 is 0 Å². The van der Waals surface area contributed by atoms with E-state index in [9.17, 15) is 8.42 Å². The van der Waals surface area contributed by atoms with Gasteiger partial charge in [0.25, 0.3) is 0 Å². The van der Waals surface area contributed by atoms with Crippen LogP contribution in [0.25, 0.3) is 11.0 Å². The van der Waals surface area contributed by atoms with Gasteiger partial charge in [0.2, 0.25) is 0 Å². The normalized spacial score (nSPS) is 19.0. The van der Waals surface area contributed by atoms with Crippen LogP contribution in [-0.2, 0) is 23.4 Å². The molecule has 1 aliphatic heterocycles. The number of nitrogens with zero attached hydrogens (tertiary/aromatic N) is 5. The molecule has 9 heteroatoms. The van der Waals surface area contributed by atoms with E-state index in [0.717, 1.165) is 16.9 Å². The number of hydrogen-bond acceptors (Lipinski definition) is 7. The van der Waals surface area contributed by atoms with E-state index in [2.05, 4.69) is 25.3 Å². The van der Waals surface area contributed by atoms with Gasteiger partial charge < -0.3 is 5.32 Å². The van der Waals surface area contributed by atoms with Crippen LogP contribution in [-0.4, -0.2) is 64.7 Å². The predicted molar refractivity (Wildman–Crippen MR) is 79.8 cm³/mol. The molecular weight excluding hydrogens is 292 g/mol. The zero-order valence-corrected chi connectivity index (χ0v) is 12.9. The summed E-state index contributed by atoms with van der Waals surface area (Å²) in [6, 6.07) is 0. The highest BCUT2D eigenvalue weighted by Gasteiger charge is 2.22. The topological polar surface area (TPSA) is 93.0 Å². The molecule has 0 aromatic carbocycles. The number of fused-ring (bicyclic) bond motifs is 1. The first-order chi connectivity index (χ1) is 9.98. The Bertz CT molecular complexity index is 755. The number of rotatable bonds is 3. The largest absolute Gasteiger partial charge is 0.372 e. The minimum absolute atomic E-state index is 0.208. The summed E-state index contributed by atoms with van der Waals surface area (Å²) in [5, 5.41) is 8.13. The van der Waals surface area contributed by atoms with Gasteiger partial charge in [0.05, 0.1) is 29.6 Å². The van der Waals surface area contributed by atoms with E-state index in [1.165, 1.54) is 0 Å². The van der Waals surface area contributed by atoms with Crippen LogP contribution in [0.3, 0.4) is 0 Å². The summed E-state index contributed by atoms with van der Waals surface area (Å²) in [5.41, 5.74) is 0.772. The molecule has 1 fully saturated rings. The van der Waals surface area contributed by atoms with Gasteiger partial charge in [0, 0.05) is 27.2 Å². The summed E-state index contributed by atoms with van der Waals surface area (Å²) in [6.07, 6.45) is 1.73. The highest BCUT2D eigenvalue weighted by atomic mass is 32.2. The SMILES string of the molecule is CNc1nc(CN2CCS(=O)(=O)CC2)nc2c1cnn2C. The molecule has 0 amide bonds. The van der Waals surface area contributed by atoms with Gasteiger partial charge in [-0.3, -0.25) is 9.58 Å².